The molecule has 0 amide bonds. The monoisotopic (exact) mass is 234 g/mol. The van der Waals surface area contributed by atoms with Crippen LogP contribution < -0.4 is 0 Å². The van der Waals surface area contributed by atoms with Crippen LogP contribution in [0, 0.1) is 0 Å². The van der Waals surface area contributed by atoms with Crippen molar-refractivity contribution < 1.29 is 23.5 Å². The highest BCUT2D eigenvalue weighted by Crippen LogP contribution is 2.16. The van der Waals surface area contributed by atoms with Crippen LogP contribution in [0.3, 0.4) is 0 Å². The van der Waals surface area contributed by atoms with E-state index in [1.54, 1.807) is 12.1 Å². The van der Waals surface area contributed by atoms with Crippen LogP contribution in [0.15, 0.2) is 33.1 Å². The number of rotatable bonds is 4. The molecule has 0 aliphatic heterocycles. The van der Waals surface area contributed by atoms with Gasteiger partial charge >= 0.3 is 5.97 Å². The van der Waals surface area contributed by atoms with Crippen LogP contribution in [0.2, 0.25) is 0 Å². The van der Waals surface area contributed by atoms with Gasteiger partial charge in [-0.1, -0.05) is 6.92 Å². The highest BCUT2D eigenvalue weighted by molar-refractivity contribution is 6.05. The van der Waals surface area contributed by atoms with Gasteiger partial charge in [-0.05, 0) is 24.3 Å². The summed E-state index contributed by atoms with van der Waals surface area (Å²) in [7, 11) is 0. The molecular weight excluding hydrogens is 224 g/mol. The summed E-state index contributed by atoms with van der Waals surface area (Å²) in [5, 5.41) is 8.66. The van der Waals surface area contributed by atoms with Crippen LogP contribution in [-0.4, -0.2) is 16.9 Å². The summed E-state index contributed by atoms with van der Waals surface area (Å²) in [6, 6.07) is 5.80. The fourth-order valence-electron chi connectivity index (χ4n) is 1.39. The lowest BCUT2D eigenvalue weighted by molar-refractivity contribution is 0.0660. The molecular formula is C12H10O5. The molecule has 0 radical (unpaired) electrons. The van der Waals surface area contributed by atoms with E-state index in [4.69, 9.17) is 13.9 Å². The fraction of sp³-hybridized carbons (Fsp3) is 0.167. The van der Waals surface area contributed by atoms with E-state index in [0.29, 0.717) is 12.2 Å². The number of carboxylic acid groups (broad SMARTS) is 1. The Kier molecular flexibility index (Phi) is 2.82. The molecule has 0 aromatic carbocycles. The van der Waals surface area contributed by atoms with Crippen molar-refractivity contribution in [3.63, 3.8) is 0 Å². The van der Waals surface area contributed by atoms with Crippen molar-refractivity contribution >= 4 is 11.8 Å². The van der Waals surface area contributed by atoms with E-state index in [9.17, 15) is 9.59 Å². The van der Waals surface area contributed by atoms with E-state index in [1.807, 2.05) is 6.92 Å². The molecule has 0 saturated carbocycles. The number of hydrogen-bond acceptors (Lipinski definition) is 4. The average molecular weight is 234 g/mol. The van der Waals surface area contributed by atoms with Crippen molar-refractivity contribution in [1.29, 1.82) is 0 Å². The topological polar surface area (TPSA) is 80.7 Å². The third-order valence-electron chi connectivity index (χ3n) is 2.27. The zero-order valence-electron chi connectivity index (χ0n) is 9.10. The first-order valence-corrected chi connectivity index (χ1v) is 5.08. The van der Waals surface area contributed by atoms with Crippen LogP contribution in [0.25, 0.3) is 0 Å². The number of carboxylic acids is 1. The molecule has 0 aliphatic carbocycles. The molecule has 1 N–H and O–H groups in total. The van der Waals surface area contributed by atoms with Crippen molar-refractivity contribution in [2.45, 2.75) is 13.3 Å². The van der Waals surface area contributed by atoms with E-state index in [-0.39, 0.29) is 17.3 Å². The summed E-state index contributed by atoms with van der Waals surface area (Å²) in [6.07, 6.45) is 0.686. The van der Waals surface area contributed by atoms with Crippen molar-refractivity contribution in [2.75, 3.05) is 0 Å². The summed E-state index contributed by atoms with van der Waals surface area (Å²) in [5.41, 5.74) is 0. The van der Waals surface area contributed by atoms with Gasteiger partial charge in [-0.25, -0.2) is 4.79 Å². The molecule has 2 heterocycles. The molecule has 0 spiro atoms. The lowest BCUT2D eigenvalue weighted by Crippen LogP contribution is -1.98. The Morgan fingerprint density at radius 1 is 1.06 bits per heavy atom. The Bertz CT molecular complexity index is 561. The molecule has 0 atom stereocenters. The maximum atomic E-state index is 11.8. The first-order chi connectivity index (χ1) is 8.11. The number of hydrogen-bond donors (Lipinski definition) is 1. The Labute approximate surface area is 96.7 Å². The Balaban J connectivity index is 2.27. The minimum Gasteiger partial charge on any atom is -0.475 e. The largest absolute Gasteiger partial charge is 0.475 e. The zero-order chi connectivity index (χ0) is 12.4. The normalized spacial score (nSPS) is 10.4. The lowest BCUT2D eigenvalue weighted by Gasteiger charge is -1.92. The average Bonchev–Trinajstić information content (AvgIpc) is 2.97. The predicted octanol–water partition coefficient (Wildman–Crippen LogP) is 2.36. The van der Waals surface area contributed by atoms with Gasteiger partial charge in [-0.3, -0.25) is 4.79 Å². The standard InChI is InChI=1S/C12H10O5/c1-2-7-3-4-8(16-7)11(13)9-5-6-10(17-9)12(14)15/h3-6H,2H2,1H3,(H,14,15). The Hall–Kier alpha value is -2.30. The first kappa shape index (κ1) is 11.2. The number of furan rings is 2. The van der Waals surface area contributed by atoms with E-state index >= 15 is 0 Å². The zero-order valence-corrected chi connectivity index (χ0v) is 9.10. The lowest BCUT2D eigenvalue weighted by atomic mass is 10.2. The van der Waals surface area contributed by atoms with Crippen LogP contribution in [0.5, 0.6) is 0 Å². The second-order valence-corrected chi connectivity index (χ2v) is 3.42. The summed E-state index contributed by atoms with van der Waals surface area (Å²) in [4.78, 5) is 22.4. The Morgan fingerprint density at radius 3 is 2.18 bits per heavy atom. The van der Waals surface area contributed by atoms with Gasteiger partial charge in [0, 0.05) is 6.42 Å². The van der Waals surface area contributed by atoms with Gasteiger partial charge in [-0.2, -0.15) is 0 Å². The van der Waals surface area contributed by atoms with Gasteiger partial charge in [0.1, 0.15) is 5.76 Å². The second-order valence-electron chi connectivity index (χ2n) is 3.42. The van der Waals surface area contributed by atoms with Crippen molar-refractivity contribution in [1.82, 2.24) is 0 Å². The molecule has 0 saturated heterocycles. The van der Waals surface area contributed by atoms with Crippen LogP contribution in [-0.2, 0) is 6.42 Å². The van der Waals surface area contributed by atoms with Gasteiger partial charge in [0.2, 0.25) is 5.76 Å². The summed E-state index contributed by atoms with van der Waals surface area (Å²) in [6.45, 7) is 1.91. The molecule has 0 fully saturated rings. The predicted molar refractivity (Wildman–Crippen MR) is 57.2 cm³/mol. The maximum Gasteiger partial charge on any atom is 0.371 e. The fourth-order valence-corrected chi connectivity index (χ4v) is 1.39. The molecule has 2 rings (SSSR count). The van der Waals surface area contributed by atoms with Gasteiger partial charge < -0.3 is 13.9 Å². The summed E-state index contributed by atoms with van der Waals surface area (Å²) in [5.74, 6) is -1.14. The maximum absolute atomic E-state index is 11.8. The van der Waals surface area contributed by atoms with Gasteiger partial charge in [-0.15, -0.1) is 0 Å². The van der Waals surface area contributed by atoms with Crippen molar-refractivity contribution in [3.8, 4) is 0 Å². The third-order valence-corrected chi connectivity index (χ3v) is 2.27. The van der Waals surface area contributed by atoms with Crippen molar-refractivity contribution in [3.05, 3.63) is 47.3 Å². The number of aryl methyl sites for hydroxylation is 1. The molecule has 2 aromatic heterocycles. The summed E-state index contributed by atoms with van der Waals surface area (Å²) < 4.78 is 10.2. The van der Waals surface area contributed by atoms with Crippen LogP contribution in [0.4, 0.5) is 0 Å². The van der Waals surface area contributed by atoms with Crippen LogP contribution >= 0.6 is 0 Å². The molecule has 5 heteroatoms. The van der Waals surface area contributed by atoms with Gasteiger partial charge in [0.05, 0.1) is 0 Å². The number of carbonyl (C=O) groups excluding carboxylic acids is 1. The highest BCUT2D eigenvalue weighted by Gasteiger charge is 2.19. The molecule has 17 heavy (non-hydrogen) atoms. The SMILES string of the molecule is CCc1ccc(C(=O)c2ccc(C(=O)O)o2)o1. The third kappa shape index (κ3) is 2.13. The molecule has 2 aromatic rings. The van der Waals surface area contributed by atoms with Crippen molar-refractivity contribution in [2.24, 2.45) is 0 Å². The van der Waals surface area contributed by atoms with E-state index < -0.39 is 11.8 Å². The second kappa shape index (κ2) is 4.29. The minimum absolute atomic E-state index is 0.0422. The van der Waals surface area contributed by atoms with Crippen LogP contribution in [0.1, 0.15) is 39.6 Å². The smallest absolute Gasteiger partial charge is 0.371 e. The first-order valence-electron chi connectivity index (χ1n) is 5.08. The minimum atomic E-state index is -1.21. The van der Waals surface area contributed by atoms with Gasteiger partial charge in [0.15, 0.2) is 11.5 Å². The number of carbonyl (C=O) groups is 2. The molecule has 88 valence electrons. The highest BCUT2D eigenvalue weighted by atomic mass is 16.4. The van der Waals surface area contributed by atoms with E-state index in [2.05, 4.69) is 0 Å². The van der Waals surface area contributed by atoms with Gasteiger partial charge in [0.25, 0.3) is 5.78 Å². The van der Waals surface area contributed by atoms with E-state index in [1.165, 1.54) is 12.1 Å². The Morgan fingerprint density at radius 2 is 1.65 bits per heavy atom. The molecule has 0 aliphatic rings. The number of ketones is 1. The molecule has 0 bridgehead atoms. The quantitative estimate of drug-likeness (QED) is 0.821. The molecule has 0 unspecified atom stereocenters. The number of aromatic carboxylic acids is 1. The molecule has 5 nitrogen and oxygen atoms in total. The summed E-state index contributed by atoms with van der Waals surface area (Å²) >= 11 is 0. The van der Waals surface area contributed by atoms with E-state index in [0.717, 1.165) is 0 Å².